The molecular formula is C20H23NO5. The van der Waals surface area contributed by atoms with Crippen molar-refractivity contribution in [2.45, 2.75) is 19.4 Å². The minimum absolute atomic E-state index is 0.0275. The Bertz CT molecular complexity index is 702. The van der Waals surface area contributed by atoms with Crippen LogP contribution >= 0.6 is 0 Å². The zero-order chi connectivity index (χ0) is 18.6. The summed E-state index contributed by atoms with van der Waals surface area (Å²) in [5.41, 5.74) is 1.68. The highest BCUT2D eigenvalue weighted by atomic mass is 16.6. The van der Waals surface area contributed by atoms with Gasteiger partial charge in [0.1, 0.15) is 19.0 Å². The predicted molar refractivity (Wildman–Crippen MR) is 97.9 cm³/mol. The quantitative estimate of drug-likeness (QED) is 0.522. The van der Waals surface area contributed by atoms with E-state index < -0.39 is 5.97 Å². The molecule has 1 amide bonds. The minimum atomic E-state index is -0.419. The Morgan fingerprint density at radius 1 is 0.962 bits per heavy atom. The van der Waals surface area contributed by atoms with E-state index >= 15 is 0 Å². The summed E-state index contributed by atoms with van der Waals surface area (Å²) < 4.78 is 15.4. The molecule has 0 bridgehead atoms. The lowest BCUT2D eigenvalue weighted by molar-refractivity contribution is -0.145. The van der Waals surface area contributed by atoms with E-state index in [2.05, 4.69) is 5.32 Å². The first kappa shape index (κ1) is 19.5. The number of carbonyl (C=O) groups excluding carboxylic acids is 2. The van der Waals surface area contributed by atoms with Crippen LogP contribution in [0.5, 0.6) is 5.75 Å². The Hall–Kier alpha value is -2.86. The van der Waals surface area contributed by atoms with Gasteiger partial charge in [-0.25, -0.2) is 0 Å². The summed E-state index contributed by atoms with van der Waals surface area (Å²) in [6.07, 6.45) is 0.0840. The number of esters is 1. The molecule has 6 nitrogen and oxygen atoms in total. The highest BCUT2D eigenvalue weighted by Crippen LogP contribution is 2.19. The summed E-state index contributed by atoms with van der Waals surface area (Å²) in [4.78, 5) is 23.4. The normalized spacial score (nSPS) is 10.2. The second kappa shape index (κ2) is 10.9. The Labute approximate surface area is 153 Å². The average molecular weight is 357 g/mol. The molecule has 2 aromatic rings. The Morgan fingerprint density at radius 3 is 2.54 bits per heavy atom. The lowest BCUT2D eigenvalue weighted by Gasteiger charge is -2.09. The number of benzene rings is 2. The number of hydrogen-bond acceptors (Lipinski definition) is 5. The molecule has 0 aliphatic heterocycles. The van der Waals surface area contributed by atoms with Crippen molar-refractivity contribution in [3.63, 3.8) is 0 Å². The van der Waals surface area contributed by atoms with Gasteiger partial charge in [0.25, 0.3) is 0 Å². The summed E-state index contributed by atoms with van der Waals surface area (Å²) in [6, 6.07) is 17.0. The van der Waals surface area contributed by atoms with E-state index in [9.17, 15) is 9.59 Å². The Kier molecular flexibility index (Phi) is 8.15. The molecule has 6 heteroatoms. The maximum absolute atomic E-state index is 12.0. The molecule has 0 fully saturated rings. The molecule has 0 atom stereocenters. The van der Waals surface area contributed by atoms with Crippen LogP contribution < -0.4 is 10.1 Å². The van der Waals surface area contributed by atoms with E-state index in [0.717, 1.165) is 5.56 Å². The molecule has 0 aliphatic carbocycles. The van der Waals surface area contributed by atoms with Crippen LogP contribution in [0.1, 0.15) is 18.4 Å². The first-order chi connectivity index (χ1) is 12.7. The summed E-state index contributed by atoms with van der Waals surface area (Å²) in [5.74, 6) is -0.0170. The molecule has 0 saturated heterocycles. The van der Waals surface area contributed by atoms with Crippen molar-refractivity contribution in [2.24, 2.45) is 0 Å². The van der Waals surface area contributed by atoms with Crippen LogP contribution in [0.15, 0.2) is 54.6 Å². The van der Waals surface area contributed by atoms with Crippen molar-refractivity contribution in [1.82, 2.24) is 0 Å². The molecule has 1 N–H and O–H groups in total. The maximum Gasteiger partial charge on any atom is 0.306 e. The molecule has 0 unspecified atom stereocenters. The van der Waals surface area contributed by atoms with Crippen molar-refractivity contribution in [3.05, 3.63) is 60.2 Å². The summed E-state index contributed by atoms with van der Waals surface area (Å²) in [7, 11) is 1.53. The second-order valence-corrected chi connectivity index (χ2v) is 5.56. The number of rotatable bonds is 10. The number of nitrogens with one attached hydrogen (secondary N) is 1. The molecule has 2 aromatic carbocycles. The molecule has 0 aromatic heterocycles. The van der Waals surface area contributed by atoms with Crippen LogP contribution in [0, 0.1) is 0 Å². The van der Waals surface area contributed by atoms with E-state index in [1.165, 1.54) is 7.11 Å². The van der Waals surface area contributed by atoms with Crippen LogP contribution in [-0.2, 0) is 25.7 Å². The molecule has 0 saturated carbocycles. The maximum atomic E-state index is 12.0. The standard InChI is InChI=1S/C20H23NO5/c1-24-12-13-25-20(23)11-10-19(22)21-17-8-5-9-18(14-17)26-15-16-6-3-2-4-7-16/h2-9,14H,10-13,15H2,1H3,(H,21,22). The summed E-state index contributed by atoms with van der Waals surface area (Å²) >= 11 is 0. The van der Waals surface area contributed by atoms with Gasteiger partial charge < -0.3 is 19.5 Å². The highest BCUT2D eigenvalue weighted by Gasteiger charge is 2.09. The van der Waals surface area contributed by atoms with Gasteiger partial charge >= 0.3 is 5.97 Å². The van der Waals surface area contributed by atoms with Gasteiger partial charge in [0.2, 0.25) is 5.91 Å². The van der Waals surface area contributed by atoms with E-state index in [-0.39, 0.29) is 25.4 Å². The van der Waals surface area contributed by atoms with Gasteiger partial charge in [-0.3, -0.25) is 9.59 Å². The van der Waals surface area contributed by atoms with Gasteiger partial charge in [-0.05, 0) is 17.7 Å². The van der Waals surface area contributed by atoms with Crippen LogP contribution in [0.2, 0.25) is 0 Å². The van der Waals surface area contributed by atoms with E-state index in [1.807, 2.05) is 36.4 Å². The topological polar surface area (TPSA) is 73.9 Å². The van der Waals surface area contributed by atoms with Crippen LogP contribution in [0.4, 0.5) is 5.69 Å². The van der Waals surface area contributed by atoms with Crippen molar-refractivity contribution >= 4 is 17.6 Å². The fourth-order valence-electron chi connectivity index (χ4n) is 2.15. The van der Waals surface area contributed by atoms with Crippen molar-refractivity contribution < 1.29 is 23.8 Å². The van der Waals surface area contributed by atoms with Crippen LogP contribution in [0.3, 0.4) is 0 Å². The SMILES string of the molecule is COCCOC(=O)CCC(=O)Nc1cccc(OCc2ccccc2)c1. The molecule has 2 rings (SSSR count). The molecule has 0 radical (unpaired) electrons. The fraction of sp³-hybridized carbons (Fsp3) is 0.300. The predicted octanol–water partition coefficient (Wildman–Crippen LogP) is 3.17. The van der Waals surface area contributed by atoms with Crippen molar-refractivity contribution in [1.29, 1.82) is 0 Å². The summed E-state index contributed by atoms with van der Waals surface area (Å²) in [5, 5.41) is 2.75. The fourth-order valence-corrected chi connectivity index (χ4v) is 2.15. The Morgan fingerprint density at radius 2 is 1.77 bits per heavy atom. The third kappa shape index (κ3) is 7.36. The summed E-state index contributed by atoms with van der Waals surface area (Å²) in [6.45, 7) is 0.983. The van der Waals surface area contributed by atoms with Crippen molar-refractivity contribution in [3.8, 4) is 5.75 Å². The smallest absolute Gasteiger partial charge is 0.306 e. The highest BCUT2D eigenvalue weighted by molar-refractivity contribution is 5.92. The number of carbonyl (C=O) groups is 2. The lowest BCUT2D eigenvalue weighted by Crippen LogP contribution is -2.15. The average Bonchev–Trinajstić information content (AvgIpc) is 2.66. The largest absolute Gasteiger partial charge is 0.489 e. The van der Waals surface area contributed by atoms with Gasteiger partial charge in [0.05, 0.1) is 13.0 Å². The van der Waals surface area contributed by atoms with E-state index in [4.69, 9.17) is 14.2 Å². The Balaban J connectivity index is 1.76. The van der Waals surface area contributed by atoms with Crippen LogP contribution in [0.25, 0.3) is 0 Å². The van der Waals surface area contributed by atoms with Gasteiger partial charge in [-0.15, -0.1) is 0 Å². The molecule has 0 aliphatic rings. The van der Waals surface area contributed by atoms with Gasteiger partial charge in [-0.1, -0.05) is 36.4 Å². The van der Waals surface area contributed by atoms with E-state index in [1.54, 1.807) is 18.2 Å². The first-order valence-corrected chi connectivity index (χ1v) is 8.38. The first-order valence-electron chi connectivity index (χ1n) is 8.38. The number of ether oxygens (including phenoxy) is 3. The molecular weight excluding hydrogens is 334 g/mol. The number of methoxy groups -OCH3 is 1. The van der Waals surface area contributed by atoms with Crippen molar-refractivity contribution in [2.75, 3.05) is 25.6 Å². The molecule has 0 heterocycles. The van der Waals surface area contributed by atoms with E-state index in [0.29, 0.717) is 24.7 Å². The number of hydrogen-bond donors (Lipinski definition) is 1. The second-order valence-electron chi connectivity index (χ2n) is 5.56. The lowest BCUT2D eigenvalue weighted by atomic mass is 10.2. The molecule has 138 valence electrons. The van der Waals surface area contributed by atoms with Gasteiger partial charge in [0.15, 0.2) is 0 Å². The number of amides is 1. The zero-order valence-corrected chi connectivity index (χ0v) is 14.8. The monoisotopic (exact) mass is 357 g/mol. The third-order valence-electron chi connectivity index (χ3n) is 3.47. The molecule has 0 spiro atoms. The third-order valence-corrected chi connectivity index (χ3v) is 3.47. The minimum Gasteiger partial charge on any atom is -0.489 e. The van der Waals surface area contributed by atoms with Gasteiger partial charge in [0, 0.05) is 25.3 Å². The zero-order valence-electron chi connectivity index (χ0n) is 14.8. The molecule has 26 heavy (non-hydrogen) atoms. The van der Waals surface area contributed by atoms with Crippen LogP contribution in [-0.4, -0.2) is 32.2 Å². The van der Waals surface area contributed by atoms with Gasteiger partial charge in [-0.2, -0.15) is 0 Å². The number of anilines is 1.